The van der Waals surface area contributed by atoms with Crippen molar-refractivity contribution in [1.82, 2.24) is 9.88 Å². The van der Waals surface area contributed by atoms with E-state index in [1.54, 1.807) is 4.90 Å². The molecule has 1 amide bonds. The highest BCUT2D eigenvalue weighted by Crippen LogP contribution is 2.31. The molecule has 8 heteroatoms. The van der Waals surface area contributed by atoms with Gasteiger partial charge in [0.1, 0.15) is 12.0 Å². The van der Waals surface area contributed by atoms with Crippen LogP contribution in [0.2, 0.25) is 0 Å². The molecule has 1 aromatic heterocycles. The van der Waals surface area contributed by atoms with E-state index in [0.717, 1.165) is 25.5 Å². The van der Waals surface area contributed by atoms with Crippen LogP contribution in [0.4, 0.5) is 11.5 Å². The van der Waals surface area contributed by atoms with Crippen molar-refractivity contribution in [2.75, 3.05) is 18.9 Å². The summed E-state index contributed by atoms with van der Waals surface area (Å²) in [6.07, 6.45) is 3.97. The molecule has 21 heavy (non-hydrogen) atoms. The van der Waals surface area contributed by atoms with Crippen LogP contribution in [0.3, 0.4) is 0 Å². The molecule has 112 valence electrons. The average Bonchev–Trinajstić information content (AvgIpc) is 2.95. The molecule has 2 fully saturated rings. The smallest absolute Gasteiger partial charge is 0.288 e. The molecule has 1 aliphatic carbocycles. The number of nitrogen functional groups attached to an aromatic ring is 1. The number of hydrogen-bond donors (Lipinski definition) is 1. The predicted octanol–water partition coefficient (Wildman–Crippen LogP) is 0.965. The van der Waals surface area contributed by atoms with E-state index in [-0.39, 0.29) is 35.1 Å². The zero-order chi connectivity index (χ0) is 15.0. The fourth-order valence-corrected chi connectivity index (χ4v) is 3.07. The van der Waals surface area contributed by atoms with E-state index in [9.17, 15) is 14.9 Å². The van der Waals surface area contributed by atoms with Crippen LogP contribution in [0.25, 0.3) is 0 Å². The van der Waals surface area contributed by atoms with Gasteiger partial charge < -0.3 is 15.4 Å². The van der Waals surface area contributed by atoms with Crippen molar-refractivity contribution in [2.45, 2.75) is 31.4 Å². The van der Waals surface area contributed by atoms with Gasteiger partial charge in [0.25, 0.3) is 11.6 Å². The van der Waals surface area contributed by atoms with Gasteiger partial charge in [-0.2, -0.15) is 0 Å². The number of amides is 1. The standard InChI is InChI=1S/C13H16N4O4/c14-12-9(6-8(7-15-12)17(19)20)13(18)16-4-5-21-11-3-1-2-10(11)16/h6-7,10-11H,1-5H2,(H2,14,15). The molecule has 2 N–H and O–H groups in total. The Kier molecular flexibility index (Phi) is 3.46. The summed E-state index contributed by atoms with van der Waals surface area (Å²) in [6.45, 7) is 0.956. The molecule has 0 aromatic carbocycles. The van der Waals surface area contributed by atoms with Crippen molar-refractivity contribution in [3.8, 4) is 0 Å². The van der Waals surface area contributed by atoms with Crippen LogP contribution in [0.5, 0.6) is 0 Å². The molecule has 2 aliphatic rings. The Morgan fingerprint density at radius 2 is 2.33 bits per heavy atom. The second kappa shape index (κ2) is 5.28. The quantitative estimate of drug-likeness (QED) is 0.642. The highest BCUT2D eigenvalue weighted by atomic mass is 16.6. The molecule has 2 unspecified atom stereocenters. The second-order valence-corrected chi connectivity index (χ2v) is 5.29. The first-order valence-corrected chi connectivity index (χ1v) is 6.90. The number of carbonyl (C=O) groups excluding carboxylic acids is 1. The molecule has 0 radical (unpaired) electrons. The van der Waals surface area contributed by atoms with Gasteiger partial charge in [0.15, 0.2) is 0 Å². The first-order chi connectivity index (χ1) is 10.1. The Labute approximate surface area is 121 Å². The fourth-order valence-electron chi connectivity index (χ4n) is 3.07. The lowest BCUT2D eigenvalue weighted by atomic mass is 10.1. The van der Waals surface area contributed by atoms with Gasteiger partial charge in [0.05, 0.1) is 29.2 Å². The van der Waals surface area contributed by atoms with Crippen molar-refractivity contribution >= 4 is 17.4 Å². The number of nitrogens with two attached hydrogens (primary N) is 1. The largest absolute Gasteiger partial charge is 0.383 e. The van der Waals surface area contributed by atoms with Gasteiger partial charge in [0.2, 0.25) is 0 Å². The van der Waals surface area contributed by atoms with Crippen LogP contribution in [-0.4, -0.2) is 46.0 Å². The Hall–Kier alpha value is -2.22. The Balaban J connectivity index is 1.90. The summed E-state index contributed by atoms with van der Waals surface area (Å²) in [4.78, 5) is 28.4. The summed E-state index contributed by atoms with van der Waals surface area (Å²) in [6, 6.07) is 1.23. The highest BCUT2D eigenvalue weighted by molar-refractivity contribution is 5.99. The van der Waals surface area contributed by atoms with Crippen LogP contribution in [0.15, 0.2) is 12.3 Å². The molecule has 1 saturated heterocycles. The van der Waals surface area contributed by atoms with Crippen molar-refractivity contribution in [2.24, 2.45) is 0 Å². The van der Waals surface area contributed by atoms with Crippen molar-refractivity contribution in [3.05, 3.63) is 27.9 Å². The number of carbonyl (C=O) groups is 1. The molecular weight excluding hydrogens is 276 g/mol. The highest BCUT2D eigenvalue weighted by Gasteiger charge is 2.39. The molecule has 2 heterocycles. The minimum Gasteiger partial charge on any atom is -0.383 e. The number of nitrogens with zero attached hydrogens (tertiary/aromatic N) is 3. The Morgan fingerprint density at radius 3 is 3.10 bits per heavy atom. The number of ether oxygens (including phenoxy) is 1. The number of aromatic nitrogens is 1. The van der Waals surface area contributed by atoms with Gasteiger partial charge in [-0.3, -0.25) is 14.9 Å². The molecule has 2 atom stereocenters. The van der Waals surface area contributed by atoms with Crippen LogP contribution in [0, 0.1) is 10.1 Å². The fraction of sp³-hybridized carbons (Fsp3) is 0.538. The van der Waals surface area contributed by atoms with Gasteiger partial charge >= 0.3 is 0 Å². The van der Waals surface area contributed by atoms with E-state index in [0.29, 0.717) is 13.2 Å². The average molecular weight is 292 g/mol. The van der Waals surface area contributed by atoms with Gasteiger partial charge in [-0.1, -0.05) is 0 Å². The minimum absolute atomic E-state index is 0.0200. The lowest BCUT2D eigenvalue weighted by Gasteiger charge is -2.37. The summed E-state index contributed by atoms with van der Waals surface area (Å²) < 4.78 is 5.66. The number of anilines is 1. The topological polar surface area (TPSA) is 112 Å². The first-order valence-electron chi connectivity index (χ1n) is 6.90. The maximum Gasteiger partial charge on any atom is 0.288 e. The molecular formula is C13H16N4O4. The summed E-state index contributed by atoms with van der Waals surface area (Å²) in [7, 11) is 0. The SMILES string of the molecule is Nc1ncc([N+](=O)[O-])cc1C(=O)N1CCOC2CCCC21. The number of fused-ring (bicyclic) bond motifs is 1. The van der Waals surface area contributed by atoms with Crippen molar-refractivity contribution < 1.29 is 14.5 Å². The van der Waals surface area contributed by atoms with E-state index in [1.807, 2.05) is 0 Å². The van der Waals surface area contributed by atoms with E-state index < -0.39 is 4.92 Å². The van der Waals surface area contributed by atoms with Crippen LogP contribution in [-0.2, 0) is 4.74 Å². The van der Waals surface area contributed by atoms with Crippen LogP contribution < -0.4 is 5.73 Å². The minimum atomic E-state index is -0.582. The monoisotopic (exact) mass is 292 g/mol. The summed E-state index contributed by atoms with van der Waals surface area (Å²) in [5.41, 5.74) is 5.58. The molecule has 0 bridgehead atoms. The maximum atomic E-state index is 12.7. The van der Waals surface area contributed by atoms with Gasteiger partial charge in [-0.15, -0.1) is 0 Å². The number of morpholine rings is 1. The summed E-state index contributed by atoms with van der Waals surface area (Å²) >= 11 is 0. The molecule has 0 spiro atoms. The first kappa shape index (κ1) is 13.7. The number of hydrogen-bond acceptors (Lipinski definition) is 6. The third-order valence-electron chi connectivity index (χ3n) is 4.09. The molecule has 1 aliphatic heterocycles. The summed E-state index contributed by atoms with van der Waals surface area (Å²) in [5.74, 6) is -0.282. The van der Waals surface area contributed by atoms with E-state index in [1.165, 1.54) is 6.07 Å². The zero-order valence-electron chi connectivity index (χ0n) is 11.4. The maximum absolute atomic E-state index is 12.7. The molecule has 1 aromatic rings. The van der Waals surface area contributed by atoms with Gasteiger partial charge in [-0.05, 0) is 19.3 Å². The second-order valence-electron chi connectivity index (χ2n) is 5.29. The third-order valence-corrected chi connectivity index (χ3v) is 4.09. The van der Waals surface area contributed by atoms with Crippen LogP contribution in [0.1, 0.15) is 29.6 Å². The Morgan fingerprint density at radius 1 is 1.52 bits per heavy atom. The van der Waals surface area contributed by atoms with Crippen LogP contribution >= 0.6 is 0 Å². The van der Waals surface area contributed by atoms with E-state index >= 15 is 0 Å². The predicted molar refractivity (Wildman–Crippen MR) is 73.7 cm³/mol. The lowest BCUT2D eigenvalue weighted by molar-refractivity contribution is -0.385. The molecule has 8 nitrogen and oxygen atoms in total. The molecule has 3 rings (SSSR count). The van der Waals surface area contributed by atoms with Gasteiger partial charge in [-0.25, -0.2) is 4.98 Å². The zero-order valence-corrected chi connectivity index (χ0v) is 11.4. The summed E-state index contributed by atoms with van der Waals surface area (Å²) in [5, 5.41) is 10.8. The number of pyridine rings is 1. The number of rotatable bonds is 2. The normalized spacial score (nSPS) is 24.7. The van der Waals surface area contributed by atoms with E-state index in [2.05, 4.69) is 4.98 Å². The lowest BCUT2D eigenvalue weighted by Crippen LogP contribution is -2.51. The van der Waals surface area contributed by atoms with Crippen molar-refractivity contribution in [1.29, 1.82) is 0 Å². The van der Waals surface area contributed by atoms with Gasteiger partial charge in [0, 0.05) is 12.6 Å². The third kappa shape index (κ3) is 2.42. The van der Waals surface area contributed by atoms with E-state index in [4.69, 9.17) is 10.5 Å². The number of nitro groups is 1. The van der Waals surface area contributed by atoms with Crippen molar-refractivity contribution in [3.63, 3.8) is 0 Å². The molecule has 1 saturated carbocycles. The Bertz CT molecular complexity index is 592.